The van der Waals surface area contributed by atoms with Gasteiger partial charge in [-0.25, -0.2) is 4.98 Å². The minimum absolute atomic E-state index is 0.235. The number of nitrogens with zero attached hydrogens (tertiary/aromatic N) is 2. The van der Waals surface area contributed by atoms with Gasteiger partial charge in [0.25, 0.3) is 5.56 Å². The van der Waals surface area contributed by atoms with Crippen LogP contribution in [-0.4, -0.2) is 34.1 Å². The van der Waals surface area contributed by atoms with Gasteiger partial charge < -0.3 is 10.0 Å². The largest absolute Gasteiger partial charge is 0.481 e. The van der Waals surface area contributed by atoms with Crippen molar-refractivity contribution < 1.29 is 9.90 Å². The average molecular weight is 299 g/mol. The fraction of sp³-hybridized carbons (Fsp3) is 0.312. The topological polar surface area (TPSA) is 86.3 Å². The van der Waals surface area contributed by atoms with Crippen molar-refractivity contribution in [3.8, 4) is 11.3 Å². The second kappa shape index (κ2) is 6.01. The Morgan fingerprint density at radius 1 is 1.32 bits per heavy atom. The first-order chi connectivity index (χ1) is 10.6. The zero-order chi connectivity index (χ0) is 15.5. The summed E-state index contributed by atoms with van der Waals surface area (Å²) in [6.45, 7) is 1.07. The number of carboxylic acid groups (broad SMARTS) is 1. The van der Waals surface area contributed by atoms with E-state index in [9.17, 15) is 14.7 Å². The summed E-state index contributed by atoms with van der Waals surface area (Å²) in [4.78, 5) is 32.1. The highest BCUT2D eigenvalue weighted by Gasteiger charge is 2.26. The van der Waals surface area contributed by atoms with Gasteiger partial charge in [-0.2, -0.15) is 0 Å². The van der Waals surface area contributed by atoms with Gasteiger partial charge in [0.2, 0.25) is 5.95 Å². The number of hydrogen-bond acceptors (Lipinski definition) is 4. The van der Waals surface area contributed by atoms with Crippen LogP contribution in [0.2, 0.25) is 0 Å². The first-order valence-corrected chi connectivity index (χ1v) is 7.28. The lowest BCUT2D eigenvalue weighted by molar-refractivity contribution is -0.141. The van der Waals surface area contributed by atoms with Crippen LogP contribution in [0.3, 0.4) is 0 Å². The summed E-state index contributed by atoms with van der Waals surface area (Å²) in [5.41, 5.74) is 1.22. The number of piperidine rings is 1. The molecule has 2 N–H and O–H groups in total. The van der Waals surface area contributed by atoms with Crippen molar-refractivity contribution in [3.05, 3.63) is 46.8 Å². The van der Waals surface area contributed by atoms with Crippen LogP contribution in [0.4, 0.5) is 5.95 Å². The van der Waals surface area contributed by atoms with Crippen LogP contribution in [0.15, 0.2) is 41.2 Å². The molecule has 1 aliphatic heterocycles. The van der Waals surface area contributed by atoms with Crippen molar-refractivity contribution in [2.45, 2.75) is 12.8 Å². The van der Waals surface area contributed by atoms with E-state index in [1.54, 1.807) is 0 Å². The summed E-state index contributed by atoms with van der Waals surface area (Å²) >= 11 is 0. The predicted molar refractivity (Wildman–Crippen MR) is 82.9 cm³/mol. The molecular formula is C16H17N3O3. The van der Waals surface area contributed by atoms with Crippen molar-refractivity contribution in [2.24, 2.45) is 5.92 Å². The van der Waals surface area contributed by atoms with E-state index >= 15 is 0 Å². The molecule has 1 saturated heterocycles. The SMILES string of the molecule is O=C(O)C1CCCN(c2nc(-c3ccccc3)cc(=O)[nH]2)C1. The molecule has 0 bridgehead atoms. The number of nitrogens with one attached hydrogen (secondary N) is 1. The van der Waals surface area contributed by atoms with Gasteiger partial charge in [-0.15, -0.1) is 0 Å². The Morgan fingerprint density at radius 2 is 2.09 bits per heavy atom. The second-order valence-electron chi connectivity index (χ2n) is 5.44. The summed E-state index contributed by atoms with van der Waals surface area (Å²) in [6, 6.07) is 10.9. The van der Waals surface area contributed by atoms with Crippen LogP contribution in [0.1, 0.15) is 12.8 Å². The number of aromatic amines is 1. The smallest absolute Gasteiger partial charge is 0.308 e. The maximum absolute atomic E-state index is 11.9. The maximum Gasteiger partial charge on any atom is 0.308 e. The van der Waals surface area contributed by atoms with Crippen molar-refractivity contribution in [1.29, 1.82) is 0 Å². The summed E-state index contributed by atoms with van der Waals surface area (Å²) in [5.74, 6) is -0.775. The van der Waals surface area contributed by atoms with Gasteiger partial charge in [-0.05, 0) is 12.8 Å². The van der Waals surface area contributed by atoms with E-state index in [4.69, 9.17) is 0 Å². The lowest BCUT2D eigenvalue weighted by atomic mass is 9.99. The van der Waals surface area contributed by atoms with Gasteiger partial charge in [0, 0.05) is 24.7 Å². The van der Waals surface area contributed by atoms with Crippen LogP contribution in [-0.2, 0) is 4.79 Å². The van der Waals surface area contributed by atoms with Crippen LogP contribution < -0.4 is 10.5 Å². The molecule has 114 valence electrons. The Hall–Kier alpha value is -2.63. The number of rotatable bonds is 3. The number of carboxylic acids is 1. The summed E-state index contributed by atoms with van der Waals surface area (Å²) < 4.78 is 0. The fourth-order valence-electron chi connectivity index (χ4n) is 2.72. The molecule has 3 rings (SSSR count). The van der Waals surface area contributed by atoms with Crippen LogP contribution in [0.5, 0.6) is 0 Å². The second-order valence-corrected chi connectivity index (χ2v) is 5.44. The fourth-order valence-corrected chi connectivity index (χ4v) is 2.72. The number of H-pyrrole nitrogens is 1. The lowest BCUT2D eigenvalue weighted by Gasteiger charge is -2.31. The highest BCUT2D eigenvalue weighted by molar-refractivity contribution is 5.71. The van der Waals surface area contributed by atoms with E-state index in [1.165, 1.54) is 6.07 Å². The van der Waals surface area contributed by atoms with Crippen LogP contribution in [0.25, 0.3) is 11.3 Å². The van der Waals surface area contributed by atoms with Gasteiger partial charge in [-0.3, -0.25) is 14.6 Å². The van der Waals surface area contributed by atoms with Gasteiger partial charge in [0.1, 0.15) is 0 Å². The van der Waals surface area contributed by atoms with E-state index in [1.807, 2.05) is 35.2 Å². The summed E-state index contributed by atoms with van der Waals surface area (Å²) in [6.07, 6.45) is 1.44. The number of carbonyl (C=O) groups is 1. The number of hydrogen-bond donors (Lipinski definition) is 2. The first kappa shape index (κ1) is 14.3. The molecule has 22 heavy (non-hydrogen) atoms. The van der Waals surface area contributed by atoms with E-state index in [2.05, 4.69) is 9.97 Å². The molecule has 1 aliphatic rings. The van der Waals surface area contributed by atoms with Crippen LogP contribution >= 0.6 is 0 Å². The van der Waals surface area contributed by atoms with Crippen molar-refractivity contribution in [1.82, 2.24) is 9.97 Å². The standard InChI is InChI=1S/C16H17N3O3/c20-14-9-13(11-5-2-1-3-6-11)17-16(18-14)19-8-4-7-12(10-19)15(21)22/h1-3,5-6,9,12H,4,7-8,10H2,(H,21,22)(H,17,18,20). The average Bonchev–Trinajstić information content (AvgIpc) is 2.55. The van der Waals surface area contributed by atoms with E-state index < -0.39 is 11.9 Å². The number of aromatic nitrogens is 2. The van der Waals surface area contributed by atoms with Crippen molar-refractivity contribution >= 4 is 11.9 Å². The normalized spacial score (nSPS) is 18.2. The first-order valence-electron chi connectivity index (χ1n) is 7.28. The minimum Gasteiger partial charge on any atom is -0.481 e. The third-order valence-corrected chi connectivity index (χ3v) is 3.87. The molecule has 0 aliphatic carbocycles. The molecule has 2 aromatic rings. The minimum atomic E-state index is -0.800. The molecule has 1 fully saturated rings. The van der Waals surface area contributed by atoms with E-state index in [-0.39, 0.29) is 5.56 Å². The molecule has 6 heteroatoms. The Bertz CT molecular complexity index is 727. The molecule has 0 saturated carbocycles. The molecular weight excluding hydrogens is 282 g/mol. The Balaban J connectivity index is 1.93. The monoisotopic (exact) mass is 299 g/mol. The molecule has 2 heterocycles. The molecule has 1 atom stereocenters. The molecule has 0 amide bonds. The number of benzene rings is 1. The highest BCUT2D eigenvalue weighted by atomic mass is 16.4. The predicted octanol–water partition coefficient (Wildman–Crippen LogP) is 1.74. The maximum atomic E-state index is 11.9. The van der Waals surface area contributed by atoms with Crippen LogP contribution in [0, 0.1) is 5.92 Å². The molecule has 0 radical (unpaired) electrons. The Labute approximate surface area is 127 Å². The third-order valence-electron chi connectivity index (χ3n) is 3.87. The molecule has 1 aromatic heterocycles. The Kier molecular flexibility index (Phi) is 3.91. The zero-order valence-corrected chi connectivity index (χ0v) is 12.0. The number of anilines is 1. The summed E-state index contributed by atoms with van der Waals surface area (Å²) in [5, 5.41) is 9.17. The van der Waals surface area contributed by atoms with Gasteiger partial charge in [-0.1, -0.05) is 30.3 Å². The number of aliphatic carboxylic acids is 1. The molecule has 0 spiro atoms. The quantitative estimate of drug-likeness (QED) is 0.901. The molecule has 1 aromatic carbocycles. The summed E-state index contributed by atoms with van der Waals surface area (Å²) in [7, 11) is 0. The Morgan fingerprint density at radius 3 is 2.82 bits per heavy atom. The molecule has 6 nitrogen and oxygen atoms in total. The third kappa shape index (κ3) is 3.00. The van der Waals surface area contributed by atoms with Gasteiger partial charge in [0.05, 0.1) is 11.6 Å². The van der Waals surface area contributed by atoms with Gasteiger partial charge >= 0.3 is 5.97 Å². The highest BCUT2D eigenvalue weighted by Crippen LogP contribution is 2.22. The van der Waals surface area contributed by atoms with E-state index in [0.717, 1.165) is 12.0 Å². The van der Waals surface area contributed by atoms with Gasteiger partial charge in [0.15, 0.2) is 0 Å². The van der Waals surface area contributed by atoms with Crippen molar-refractivity contribution in [3.63, 3.8) is 0 Å². The zero-order valence-electron chi connectivity index (χ0n) is 12.0. The lowest BCUT2D eigenvalue weighted by Crippen LogP contribution is -2.40. The van der Waals surface area contributed by atoms with E-state index in [0.29, 0.717) is 31.2 Å². The van der Waals surface area contributed by atoms with Crippen molar-refractivity contribution in [2.75, 3.05) is 18.0 Å². The molecule has 1 unspecified atom stereocenters.